The largest absolute Gasteiger partial charge is 0.496 e. The maximum absolute atomic E-state index is 6.14. The Morgan fingerprint density at radius 3 is 2.43 bits per heavy atom. The molecule has 1 N–H and O–H groups in total. The van der Waals surface area contributed by atoms with E-state index in [0.717, 1.165) is 23.4 Å². The Kier molecular flexibility index (Phi) is 5.48. The van der Waals surface area contributed by atoms with Crippen LogP contribution in [0.15, 0.2) is 42.5 Å². The zero-order chi connectivity index (χ0) is 15.2. The van der Waals surface area contributed by atoms with Crippen LogP contribution in [-0.2, 0) is 6.54 Å². The molecule has 1 atom stereocenters. The van der Waals surface area contributed by atoms with Crippen LogP contribution < -0.4 is 14.8 Å². The van der Waals surface area contributed by atoms with Crippen LogP contribution in [0.2, 0.25) is 5.02 Å². The van der Waals surface area contributed by atoms with Crippen LogP contribution in [0.4, 0.5) is 0 Å². The first-order chi connectivity index (χ1) is 10.2. The van der Waals surface area contributed by atoms with Crippen molar-refractivity contribution in [3.63, 3.8) is 0 Å². The van der Waals surface area contributed by atoms with Gasteiger partial charge in [-0.05, 0) is 30.7 Å². The molecule has 0 radical (unpaired) electrons. The average molecular weight is 306 g/mol. The molecule has 0 aliphatic carbocycles. The van der Waals surface area contributed by atoms with Crippen LogP contribution >= 0.6 is 11.6 Å². The quantitative estimate of drug-likeness (QED) is 0.867. The van der Waals surface area contributed by atoms with Gasteiger partial charge in [0, 0.05) is 18.2 Å². The van der Waals surface area contributed by atoms with Crippen molar-refractivity contribution in [3.8, 4) is 11.5 Å². The van der Waals surface area contributed by atoms with Gasteiger partial charge in [0.05, 0.1) is 19.2 Å². The standard InChI is InChI=1S/C17H20ClNO2/c1-12(14-6-4-5-7-16(14)20-2)19-11-13-8-9-17(21-3)15(18)10-13/h4-10,12,19H,11H2,1-3H3. The summed E-state index contributed by atoms with van der Waals surface area (Å²) in [7, 11) is 3.30. The Bertz CT molecular complexity index is 601. The molecule has 0 saturated carbocycles. The molecule has 0 aliphatic rings. The predicted molar refractivity (Wildman–Crippen MR) is 86.3 cm³/mol. The molecule has 4 heteroatoms. The molecule has 2 aromatic rings. The second kappa shape index (κ2) is 7.34. The Hall–Kier alpha value is -1.71. The molecular weight excluding hydrogens is 286 g/mol. The first-order valence-corrected chi connectivity index (χ1v) is 7.22. The molecule has 2 aromatic carbocycles. The second-order valence-corrected chi connectivity index (χ2v) is 5.22. The number of hydrogen-bond donors (Lipinski definition) is 1. The molecule has 21 heavy (non-hydrogen) atoms. The number of rotatable bonds is 6. The monoisotopic (exact) mass is 305 g/mol. The number of halogens is 1. The summed E-state index contributed by atoms with van der Waals surface area (Å²) in [4.78, 5) is 0. The van der Waals surface area contributed by atoms with Gasteiger partial charge in [0.25, 0.3) is 0 Å². The van der Waals surface area contributed by atoms with E-state index in [1.807, 2.05) is 36.4 Å². The number of para-hydroxylation sites is 1. The molecule has 0 aliphatic heterocycles. The van der Waals surface area contributed by atoms with Gasteiger partial charge in [-0.25, -0.2) is 0 Å². The van der Waals surface area contributed by atoms with Crippen molar-refractivity contribution in [1.29, 1.82) is 0 Å². The highest BCUT2D eigenvalue weighted by molar-refractivity contribution is 6.32. The number of hydrogen-bond acceptors (Lipinski definition) is 3. The lowest BCUT2D eigenvalue weighted by molar-refractivity contribution is 0.401. The highest BCUT2D eigenvalue weighted by Gasteiger charge is 2.10. The van der Waals surface area contributed by atoms with E-state index < -0.39 is 0 Å². The summed E-state index contributed by atoms with van der Waals surface area (Å²) >= 11 is 6.14. The number of methoxy groups -OCH3 is 2. The summed E-state index contributed by atoms with van der Waals surface area (Å²) in [6, 6.07) is 14.0. The van der Waals surface area contributed by atoms with E-state index in [2.05, 4.69) is 18.3 Å². The van der Waals surface area contributed by atoms with Crippen molar-refractivity contribution in [2.75, 3.05) is 14.2 Å². The molecule has 2 rings (SSSR count). The van der Waals surface area contributed by atoms with Gasteiger partial charge in [-0.3, -0.25) is 0 Å². The predicted octanol–water partition coefficient (Wildman–Crippen LogP) is 4.21. The first kappa shape index (κ1) is 15.7. The molecule has 0 aromatic heterocycles. The van der Waals surface area contributed by atoms with E-state index in [0.29, 0.717) is 10.8 Å². The van der Waals surface area contributed by atoms with Crippen LogP contribution in [0.5, 0.6) is 11.5 Å². The SMILES string of the molecule is COc1ccc(CNC(C)c2ccccc2OC)cc1Cl. The van der Waals surface area contributed by atoms with Crippen molar-refractivity contribution < 1.29 is 9.47 Å². The molecule has 0 spiro atoms. The van der Waals surface area contributed by atoms with Crippen LogP contribution in [-0.4, -0.2) is 14.2 Å². The molecule has 0 bridgehead atoms. The summed E-state index contributed by atoms with van der Waals surface area (Å²) in [6.07, 6.45) is 0. The molecule has 1 unspecified atom stereocenters. The van der Waals surface area contributed by atoms with Gasteiger partial charge in [0.1, 0.15) is 11.5 Å². The Labute approximate surface area is 130 Å². The van der Waals surface area contributed by atoms with Gasteiger partial charge in [0.15, 0.2) is 0 Å². The summed E-state index contributed by atoms with van der Waals surface area (Å²) in [5, 5.41) is 4.10. The van der Waals surface area contributed by atoms with E-state index in [1.54, 1.807) is 14.2 Å². The lowest BCUT2D eigenvalue weighted by Gasteiger charge is -2.17. The van der Waals surface area contributed by atoms with Crippen molar-refractivity contribution >= 4 is 11.6 Å². The maximum Gasteiger partial charge on any atom is 0.137 e. The highest BCUT2D eigenvalue weighted by atomic mass is 35.5. The Balaban J connectivity index is 2.04. The van der Waals surface area contributed by atoms with E-state index in [-0.39, 0.29) is 6.04 Å². The Morgan fingerprint density at radius 2 is 1.76 bits per heavy atom. The lowest BCUT2D eigenvalue weighted by Crippen LogP contribution is -2.18. The summed E-state index contributed by atoms with van der Waals surface area (Å²) in [6.45, 7) is 2.84. The van der Waals surface area contributed by atoms with Crippen molar-refractivity contribution in [2.24, 2.45) is 0 Å². The fourth-order valence-corrected chi connectivity index (χ4v) is 2.51. The van der Waals surface area contributed by atoms with E-state index in [4.69, 9.17) is 21.1 Å². The van der Waals surface area contributed by atoms with Crippen LogP contribution in [0, 0.1) is 0 Å². The summed E-state index contributed by atoms with van der Waals surface area (Å²) < 4.78 is 10.5. The van der Waals surface area contributed by atoms with Crippen LogP contribution in [0.25, 0.3) is 0 Å². The third-order valence-electron chi connectivity index (χ3n) is 3.43. The molecule has 0 saturated heterocycles. The fraction of sp³-hybridized carbons (Fsp3) is 0.294. The minimum absolute atomic E-state index is 0.182. The van der Waals surface area contributed by atoms with Crippen molar-refractivity contribution in [2.45, 2.75) is 19.5 Å². The van der Waals surface area contributed by atoms with Crippen LogP contribution in [0.3, 0.4) is 0 Å². The number of nitrogens with one attached hydrogen (secondary N) is 1. The van der Waals surface area contributed by atoms with E-state index >= 15 is 0 Å². The molecule has 3 nitrogen and oxygen atoms in total. The highest BCUT2D eigenvalue weighted by Crippen LogP contribution is 2.27. The van der Waals surface area contributed by atoms with Gasteiger partial charge in [-0.15, -0.1) is 0 Å². The fourth-order valence-electron chi connectivity index (χ4n) is 2.22. The van der Waals surface area contributed by atoms with Gasteiger partial charge < -0.3 is 14.8 Å². The summed E-state index contributed by atoms with van der Waals surface area (Å²) in [5.74, 6) is 1.59. The topological polar surface area (TPSA) is 30.5 Å². The number of benzene rings is 2. The van der Waals surface area contributed by atoms with Crippen molar-refractivity contribution in [1.82, 2.24) is 5.32 Å². The zero-order valence-electron chi connectivity index (χ0n) is 12.5. The number of ether oxygens (including phenoxy) is 2. The third kappa shape index (κ3) is 3.90. The first-order valence-electron chi connectivity index (χ1n) is 6.84. The van der Waals surface area contributed by atoms with Gasteiger partial charge in [-0.1, -0.05) is 35.9 Å². The van der Waals surface area contributed by atoms with Gasteiger partial charge >= 0.3 is 0 Å². The third-order valence-corrected chi connectivity index (χ3v) is 3.73. The second-order valence-electron chi connectivity index (χ2n) is 4.81. The van der Waals surface area contributed by atoms with E-state index in [9.17, 15) is 0 Å². The Morgan fingerprint density at radius 1 is 1.05 bits per heavy atom. The molecular formula is C17H20ClNO2. The normalized spacial score (nSPS) is 12.0. The minimum Gasteiger partial charge on any atom is -0.496 e. The summed E-state index contributed by atoms with van der Waals surface area (Å²) in [5.41, 5.74) is 2.25. The molecule has 0 heterocycles. The lowest BCUT2D eigenvalue weighted by atomic mass is 10.1. The average Bonchev–Trinajstić information content (AvgIpc) is 2.52. The smallest absolute Gasteiger partial charge is 0.137 e. The van der Waals surface area contributed by atoms with Gasteiger partial charge in [0.2, 0.25) is 0 Å². The maximum atomic E-state index is 6.14. The molecule has 112 valence electrons. The molecule has 0 fully saturated rings. The van der Waals surface area contributed by atoms with Crippen molar-refractivity contribution in [3.05, 3.63) is 58.6 Å². The molecule has 0 amide bonds. The van der Waals surface area contributed by atoms with E-state index in [1.165, 1.54) is 0 Å². The minimum atomic E-state index is 0.182. The van der Waals surface area contributed by atoms with Gasteiger partial charge in [-0.2, -0.15) is 0 Å². The van der Waals surface area contributed by atoms with Crippen LogP contribution in [0.1, 0.15) is 24.1 Å². The zero-order valence-corrected chi connectivity index (χ0v) is 13.3.